The van der Waals surface area contributed by atoms with Gasteiger partial charge < -0.3 is 67.1 Å². The Balaban J connectivity index is 1.68. The SMILES string of the molecule is CCCCCC/C=C/CC(=O)NC(Cc1ccc(O)cc1)C(O)CC(=O)NC(C(=O)NC(CO)C(O)CC(=O)NC(C(=O)NC1/C=C/C(=O)NC(C(C)C)C(=O)N(C)C(Cc2ccc(O)cc2)C(=O)OC1)C(C)C)C(C)C. The van der Waals surface area contributed by atoms with Crippen LogP contribution in [0.3, 0.4) is 0 Å². The van der Waals surface area contributed by atoms with Gasteiger partial charge >= 0.3 is 5.97 Å². The highest BCUT2D eigenvalue weighted by Crippen LogP contribution is 2.19. The number of unbranched alkanes of at least 4 members (excludes halogenated alkanes) is 4. The number of allylic oxidation sites excluding steroid dienone is 1. The number of esters is 1. The average molecular weight is 1080 g/mol. The maximum absolute atomic E-state index is 13.9. The topological polar surface area (TPSA) is 322 Å². The lowest BCUT2D eigenvalue weighted by Crippen LogP contribution is -2.57. The van der Waals surface area contributed by atoms with Crippen molar-refractivity contribution in [2.24, 2.45) is 17.8 Å². The minimum atomic E-state index is -1.70. The van der Waals surface area contributed by atoms with E-state index >= 15 is 0 Å². The number of hydrogen-bond donors (Lipinski definition) is 11. The third kappa shape index (κ3) is 22.3. The van der Waals surface area contributed by atoms with Crippen LogP contribution in [0.25, 0.3) is 0 Å². The summed E-state index contributed by atoms with van der Waals surface area (Å²) in [6.07, 6.45) is 7.05. The molecule has 2 aromatic carbocycles. The number of hydrogen-bond acceptors (Lipinski definition) is 14. The number of likely N-dealkylation sites (N-methyl/N-ethyl adjacent to an activating group) is 1. The molecule has 21 nitrogen and oxygen atoms in total. The Morgan fingerprint density at radius 2 is 1.29 bits per heavy atom. The number of aliphatic hydroxyl groups excluding tert-OH is 3. The van der Waals surface area contributed by atoms with Gasteiger partial charge in [-0.2, -0.15) is 0 Å². The fraction of sp³-hybridized carbons (Fsp3) is 0.571. The van der Waals surface area contributed by atoms with Crippen LogP contribution in [0.15, 0.2) is 72.8 Å². The van der Waals surface area contributed by atoms with Gasteiger partial charge in [-0.05, 0) is 72.4 Å². The van der Waals surface area contributed by atoms with Gasteiger partial charge in [0.2, 0.25) is 41.4 Å². The van der Waals surface area contributed by atoms with Crippen LogP contribution in [-0.2, 0) is 55.9 Å². The van der Waals surface area contributed by atoms with E-state index in [1.54, 1.807) is 71.9 Å². The lowest BCUT2D eigenvalue weighted by atomic mass is 9.97. The van der Waals surface area contributed by atoms with Crippen LogP contribution in [0, 0.1) is 17.8 Å². The normalized spacial score (nSPS) is 19.2. The first kappa shape index (κ1) is 64.4. The van der Waals surface area contributed by atoms with Crippen LogP contribution < -0.4 is 31.9 Å². The highest BCUT2D eigenvalue weighted by Gasteiger charge is 2.37. The van der Waals surface area contributed by atoms with E-state index < -0.39 is 140 Å². The summed E-state index contributed by atoms with van der Waals surface area (Å²) in [5, 5.41) is 68.2. The number of phenolic OH excluding ortho intramolecular Hbond substituents is 2. The number of rotatable bonds is 28. The van der Waals surface area contributed by atoms with Crippen molar-refractivity contribution < 1.29 is 68.6 Å². The maximum atomic E-state index is 13.9. The minimum absolute atomic E-state index is 0.00151. The fourth-order valence-electron chi connectivity index (χ4n) is 8.38. The molecular formula is C56H83N7O14. The summed E-state index contributed by atoms with van der Waals surface area (Å²) >= 11 is 0. The number of amides is 7. The van der Waals surface area contributed by atoms with Gasteiger partial charge in [-0.25, -0.2) is 4.79 Å². The molecule has 426 valence electrons. The summed E-state index contributed by atoms with van der Waals surface area (Å²) in [6.45, 7) is 10.8. The molecule has 21 heteroatoms. The van der Waals surface area contributed by atoms with Crippen LogP contribution in [0.1, 0.15) is 111 Å². The molecule has 11 N–H and O–H groups in total. The van der Waals surface area contributed by atoms with E-state index in [2.05, 4.69) is 38.8 Å². The molecule has 2 aromatic rings. The summed E-state index contributed by atoms with van der Waals surface area (Å²) in [5.41, 5.74) is 1.27. The van der Waals surface area contributed by atoms with Crippen LogP contribution in [-0.4, -0.2) is 153 Å². The zero-order valence-electron chi connectivity index (χ0n) is 45.7. The predicted octanol–water partition coefficient (Wildman–Crippen LogP) is 2.11. The van der Waals surface area contributed by atoms with E-state index in [0.29, 0.717) is 11.1 Å². The number of nitrogens with one attached hydrogen (secondary N) is 6. The number of carbonyl (C=O) groups excluding carboxylic acids is 8. The highest BCUT2D eigenvalue weighted by molar-refractivity contribution is 5.95. The van der Waals surface area contributed by atoms with Crippen molar-refractivity contribution in [3.63, 3.8) is 0 Å². The molecule has 1 aliphatic rings. The van der Waals surface area contributed by atoms with Gasteiger partial charge in [0, 0.05) is 26.0 Å². The first-order chi connectivity index (χ1) is 36.4. The van der Waals surface area contributed by atoms with Gasteiger partial charge in [-0.3, -0.25) is 33.6 Å². The minimum Gasteiger partial charge on any atom is -0.508 e. The fourth-order valence-corrected chi connectivity index (χ4v) is 8.38. The number of aliphatic hydroxyl groups is 3. The molecule has 9 unspecified atom stereocenters. The zero-order valence-corrected chi connectivity index (χ0v) is 45.7. The molecule has 0 radical (unpaired) electrons. The molecule has 1 heterocycles. The molecule has 0 aromatic heterocycles. The number of benzene rings is 2. The van der Waals surface area contributed by atoms with E-state index in [0.717, 1.165) is 38.2 Å². The van der Waals surface area contributed by atoms with Crippen molar-refractivity contribution in [2.45, 2.75) is 167 Å². The summed E-state index contributed by atoms with van der Waals surface area (Å²) in [7, 11) is 1.41. The van der Waals surface area contributed by atoms with Crippen molar-refractivity contribution in [1.82, 2.24) is 36.8 Å². The molecule has 9 atom stereocenters. The zero-order chi connectivity index (χ0) is 57.4. The van der Waals surface area contributed by atoms with Gasteiger partial charge in [0.1, 0.15) is 42.3 Å². The van der Waals surface area contributed by atoms with E-state index in [9.17, 15) is 63.9 Å². The van der Waals surface area contributed by atoms with Gasteiger partial charge in [-0.15, -0.1) is 0 Å². The van der Waals surface area contributed by atoms with Crippen molar-refractivity contribution in [2.75, 3.05) is 20.3 Å². The highest BCUT2D eigenvalue weighted by atomic mass is 16.5. The monoisotopic (exact) mass is 1080 g/mol. The van der Waals surface area contributed by atoms with E-state index in [1.165, 1.54) is 42.3 Å². The van der Waals surface area contributed by atoms with Crippen LogP contribution in [0.5, 0.6) is 11.5 Å². The Bertz CT molecular complexity index is 2310. The Labute approximate surface area is 452 Å². The molecule has 7 amide bonds. The van der Waals surface area contributed by atoms with Crippen molar-refractivity contribution >= 4 is 47.3 Å². The molecule has 0 bridgehead atoms. The Hall–Kier alpha value is -6.84. The second-order valence-electron chi connectivity index (χ2n) is 20.7. The number of cyclic esters (lactones) is 1. The average Bonchev–Trinajstić information content (AvgIpc) is 3.37. The van der Waals surface area contributed by atoms with E-state index in [1.807, 2.05) is 6.08 Å². The largest absolute Gasteiger partial charge is 0.508 e. The number of aromatic hydroxyl groups is 2. The molecule has 1 aliphatic heterocycles. The van der Waals surface area contributed by atoms with Gasteiger partial charge in [-0.1, -0.05) is 110 Å². The first-order valence-corrected chi connectivity index (χ1v) is 26.5. The summed E-state index contributed by atoms with van der Waals surface area (Å²) in [5.74, 6) is -7.04. The number of nitrogens with zero attached hydrogens (tertiary/aromatic N) is 1. The van der Waals surface area contributed by atoms with E-state index in [-0.39, 0.29) is 36.7 Å². The molecule has 0 saturated carbocycles. The quantitative estimate of drug-likeness (QED) is 0.0331. The second-order valence-corrected chi connectivity index (χ2v) is 20.7. The third-order valence-electron chi connectivity index (χ3n) is 13.1. The summed E-state index contributed by atoms with van der Waals surface area (Å²) < 4.78 is 5.65. The van der Waals surface area contributed by atoms with Gasteiger partial charge in [0.15, 0.2) is 0 Å². The molecule has 0 saturated heterocycles. The lowest BCUT2D eigenvalue weighted by molar-refractivity contribution is -0.156. The van der Waals surface area contributed by atoms with Crippen molar-refractivity contribution in [3.8, 4) is 11.5 Å². The van der Waals surface area contributed by atoms with Crippen LogP contribution in [0.4, 0.5) is 0 Å². The van der Waals surface area contributed by atoms with E-state index in [4.69, 9.17) is 4.74 Å². The molecule has 3 rings (SSSR count). The molecule has 0 aliphatic carbocycles. The Morgan fingerprint density at radius 3 is 1.83 bits per heavy atom. The number of ether oxygens (including phenoxy) is 1. The molecule has 0 fully saturated rings. The number of carbonyl (C=O) groups is 8. The second kappa shape index (κ2) is 32.7. The van der Waals surface area contributed by atoms with Crippen LogP contribution >= 0.6 is 0 Å². The molecular weight excluding hydrogens is 995 g/mol. The Kier molecular flexibility index (Phi) is 27.3. The van der Waals surface area contributed by atoms with Crippen LogP contribution in [0.2, 0.25) is 0 Å². The van der Waals surface area contributed by atoms with Gasteiger partial charge in [0.25, 0.3) is 0 Å². The van der Waals surface area contributed by atoms with Gasteiger partial charge in [0.05, 0.1) is 49.8 Å². The third-order valence-corrected chi connectivity index (χ3v) is 13.1. The summed E-state index contributed by atoms with van der Waals surface area (Å²) in [4.78, 5) is 109. The van der Waals surface area contributed by atoms with Crippen molar-refractivity contribution in [3.05, 3.63) is 84.0 Å². The molecule has 77 heavy (non-hydrogen) atoms. The smallest absolute Gasteiger partial charge is 0.329 e. The predicted molar refractivity (Wildman–Crippen MR) is 287 cm³/mol. The number of phenols is 2. The lowest BCUT2D eigenvalue weighted by Gasteiger charge is -2.32. The summed E-state index contributed by atoms with van der Waals surface area (Å²) in [6, 6.07) is 4.03. The first-order valence-electron chi connectivity index (χ1n) is 26.5. The Morgan fingerprint density at radius 1 is 0.727 bits per heavy atom. The maximum Gasteiger partial charge on any atom is 0.329 e. The molecule has 0 spiro atoms. The standard InChI is InChI=1S/C56H83N7O14/c1-9-10-11-12-13-14-15-16-46(69)58-41(27-36-17-22-39(65)23-18-36)44(67)29-48(71)62-51(34(4)5)54(74)59-42(31-64)45(68)30-49(72)61-50(33(2)3)53(73)57-38-21-26-47(70)60-52(35(6)7)55(75)63(8)43(56(76)77-32-38)28-37-19-24-40(66)25-20-37/h14-15,17-26,33-35,38,41-45,50-52,64-68H,9-13,16,27-32H2,1-8H3,(H,57,73)(H,58,69)(H,59,74)(H,60,70)(H,61,72)(H,62,71)/b15-14+,26-21+. The van der Waals surface area contributed by atoms with Crippen molar-refractivity contribution in [1.29, 1.82) is 0 Å².